The standard InChI is InChI=1S/C22H14ClN5O4/c23-12-7-5-11(6-8-12)18-17-20(27-26-18)32-19(25)14(9-24)22(17)13-3-1-2-4-15(13)28(21(22)31)10-16(29)30/h1-8H,10,25H2,(H,26,27)(H,29,30)/p-1. The summed E-state index contributed by atoms with van der Waals surface area (Å²) < 4.78 is 5.59. The minimum atomic E-state index is -1.75. The van der Waals surface area contributed by atoms with Crippen LogP contribution in [0.25, 0.3) is 11.3 Å². The zero-order valence-electron chi connectivity index (χ0n) is 16.3. The first-order valence-corrected chi connectivity index (χ1v) is 9.81. The highest BCUT2D eigenvalue weighted by molar-refractivity contribution is 6.30. The van der Waals surface area contributed by atoms with Crippen molar-refractivity contribution in [2.24, 2.45) is 5.73 Å². The number of hydrogen-bond donors (Lipinski definition) is 2. The summed E-state index contributed by atoms with van der Waals surface area (Å²) >= 11 is 6.02. The van der Waals surface area contributed by atoms with Crippen LogP contribution < -0.4 is 20.5 Å². The quantitative estimate of drug-likeness (QED) is 0.613. The number of para-hydroxylation sites is 1. The van der Waals surface area contributed by atoms with Crippen LogP contribution in [0.5, 0.6) is 5.88 Å². The van der Waals surface area contributed by atoms with Gasteiger partial charge in [0.2, 0.25) is 17.7 Å². The van der Waals surface area contributed by atoms with Gasteiger partial charge in [-0.1, -0.05) is 41.9 Å². The van der Waals surface area contributed by atoms with Crippen LogP contribution >= 0.6 is 11.6 Å². The molecule has 2 aliphatic rings. The molecule has 2 aromatic carbocycles. The van der Waals surface area contributed by atoms with Gasteiger partial charge in [0.1, 0.15) is 17.1 Å². The number of aromatic amines is 1. The van der Waals surface area contributed by atoms with Crippen LogP contribution in [0.2, 0.25) is 5.02 Å². The second kappa shape index (κ2) is 6.87. The lowest BCUT2D eigenvalue weighted by atomic mass is 9.68. The van der Waals surface area contributed by atoms with Crippen molar-refractivity contribution in [2.75, 3.05) is 11.4 Å². The lowest BCUT2D eigenvalue weighted by molar-refractivity contribution is -0.303. The number of carboxylic acid groups (broad SMARTS) is 1. The molecule has 0 bridgehead atoms. The number of aliphatic carboxylic acids is 1. The highest BCUT2D eigenvalue weighted by Gasteiger charge is 2.61. The Bertz CT molecular complexity index is 1370. The Morgan fingerprint density at radius 2 is 2.00 bits per heavy atom. The summed E-state index contributed by atoms with van der Waals surface area (Å²) in [6.07, 6.45) is 0. The van der Waals surface area contributed by atoms with E-state index in [0.717, 1.165) is 4.90 Å². The molecule has 32 heavy (non-hydrogen) atoms. The summed E-state index contributed by atoms with van der Waals surface area (Å²) in [6, 6.07) is 15.4. The third-order valence-corrected chi connectivity index (χ3v) is 5.88. The van der Waals surface area contributed by atoms with Crippen LogP contribution in [0, 0.1) is 11.3 Å². The Morgan fingerprint density at radius 3 is 2.69 bits per heavy atom. The van der Waals surface area contributed by atoms with E-state index in [9.17, 15) is 20.0 Å². The number of hydrogen-bond acceptors (Lipinski definition) is 7. The largest absolute Gasteiger partial charge is 0.548 e. The average molecular weight is 447 g/mol. The third kappa shape index (κ3) is 2.47. The van der Waals surface area contributed by atoms with Crippen LogP contribution in [0.3, 0.4) is 0 Å². The maximum absolute atomic E-state index is 14.0. The number of nitrogens with one attached hydrogen (secondary N) is 1. The molecule has 2 aliphatic heterocycles. The third-order valence-electron chi connectivity index (χ3n) is 5.63. The zero-order valence-corrected chi connectivity index (χ0v) is 17.0. The van der Waals surface area contributed by atoms with Crippen molar-refractivity contribution in [2.45, 2.75) is 5.41 Å². The smallest absolute Gasteiger partial charge is 0.248 e. The van der Waals surface area contributed by atoms with Gasteiger partial charge in [0.05, 0.1) is 23.8 Å². The first kappa shape index (κ1) is 19.7. The summed E-state index contributed by atoms with van der Waals surface area (Å²) in [5.41, 5.74) is 6.19. The van der Waals surface area contributed by atoms with Gasteiger partial charge in [-0.15, -0.1) is 5.10 Å². The number of nitrogens with two attached hydrogens (primary N) is 1. The second-order valence-electron chi connectivity index (χ2n) is 7.27. The topological polar surface area (TPSA) is 148 Å². The number of amides is 1. The number of anilines is 1. The molecule has 1 atom stereocenters. The van der Waals surface area contributed by atoms with E-state index in [4.69, 9.17) is 22.1 Å². The number of carboxylic acids is 1. The van der Waals surface area contributed by atoms with Gasteiger partial charge in [-0.25, -0.2) is 0 Å². The average Bonchev–Trinajstić information content (AvgIpc) is 3.29. The van der Waals surface area contributed by atoms with Gasteiger partial charge in [0.25, 0.3) is 0 Å². The van der Waals surface area contributed by atoms with Crippen molar-refractivity contribution >= 4 is 29.2 Å². The van der Waals surface area contributed by atoms with E-state index in [-0.39, 0.29) is 22.9 Å². The molecule has 10 heteroatoms. The molecule has 3 heterocycles. The lowest BCUT2D eigenvalue weighted by Crippen LogP contribution is -2.48. The molecule has 0 saturated heterocycles. The number of nitrogens with zero attached hydrogens (tertiary/aromatic N) is 3. The molecule has 3 aromatic rings. The number of fused-ring (bicyclic) bond motifs is 4. The minimum absolute atomic E-state index is 0.0184. The molecular formula is C22H13ClN5O4-. The predicted molar refractivity (Wildman–Crippen MR) is 111 cm³/mol. The number of carbonyl (C=O) groups excluding carboxylic acids is 2. The first-order valence-electron chi connectivity index (χ1n) is 9.43. The summed E-state index contributed by atoms with van der Waals surface area (Å²) in [4.78, 5) is 26.5. The fourth-order valence-electron chi connectivity index (χ4n) is 4.40. The maximum atomic E-state index is 14.0. The predicted octanol–water partition coefficient (Wildman–Crippen LogP) is 1.20. The Hall–Kier alpha value is -4.29. The van der Waals surface area contributed by atoms with Crippen molar-refractivity contribution in [3.05, 3.63) is 76.1 Å². The van der Waals surface area contributed by atoms with Crippen LogP contribution in [-0.2, 0) is 15.0 Å². The molecule has 3 N–H and O–H groups in total. The molecule has 158 valence electrons. The van der Waals surface area contributed by atoms with E-state index in [1.165, 1.54) is 0 Å². The Morgan fingerprint density at radius 1 is 1.28 bits per heavy atom. The molecule has 0 saturated carbocycles. The summed E-state index contributed by atoms with van der Waals surface area (Å²) in [5, 5.41) is 29.1. The van der Waals surface area contributed by atoms with E-state index in [0.29, 0.717) is 27.5 Å². The van der Waals surface area contributed by atoms with Crippen molar-refractivity contribution in [3.63, 3.8) is 0 Å². The SMILES string of the molecule is N#CC1=C(N)Oc2n[nH]c(-c3ccc(Cl)cc3)c2C12C(=O)N(CC(=O)[O-])c1ccccc12. The van der Waals surface area contributed by atoms with Crippen molar-refractivity contribution in [3.8, 4) is 23.2 Å². The van der Waals surface area contributed by atoms with E-state index in [1.807, 2.05) is 6.07 Å². The van der Waals surface area contributed by atoms with Crippen molar-refractivity contribution < 1.29 is 19.4 Å². The summed E-state index contributed by atoms with van der Waals surface area (Å²) in [7, 11) is 0. The molecule has 1 unspecified atom stereocenters. The summed E-state index contributed by atoms with van der Waals surface area (Å²) in [6.45, 7) is -0.694. The number of rotatable bonds is 3. The fraction of sp³-hybridized carbons (Fsp3) is 0.0909. The fourth-order valence-corrected chi connectivity index (χ4v) is 4.52. The molecule has 0 fully saturated rings. The van der Waals surface area contributed by atoms with Gasteiger partial charge >= 0.3 is 0 Å². The van der Waals surface area contributed by atoms with Gasteiger partial charge in [-0.05, 0) is 18.2 Å². The molecule has 0 radical (unpaired) electrons. The van der Waals surface area contributed by atoms with Gasteiger partial charge in [-0.3, -0.25) is 9.89 Å². The number of nitriles is 1. The van der Waals surface area contributed by atoms with Crippen LogP contribution in [0.1, 0.15) is 11.1 Å². The number of aromatic nitrogens is 2. The molecular weight excluding hydrogens is 434 g/mol. The minimum Gasteiger partial charge on any atom is -0.548 e. The first-order chi connectivity index (χ1) is 15.4. The Balaban J connectivity index is 1.87. The van der Waals surface area contributed by atoms with Crippen LogP contribution in [0.15, 0.2) is 60.0 Å². The number of H-pyrrole nitrogens is 1. The van der Waals surface area contributed by atoms with Gasteiger partial charge in [0.15, 0.2) is 0 Å². The summed E-state index contributed by atoms with van der Waals surface area (Å²) in [5.74, 6) is -2.38. The monoisotopic (exact) mass is 446 g/mol. The maximum Gasteiger partial charge on any atom is 0.248 e. The molecule has 1 aromatic heterocycles. The molecule has 5 rings (SSSR count). The highest BCUT2D eigenvalue weighted by Crippen LogP contribution is 2.56. The van der Waals surface area contributed by atoms with E-state index in [1.54, 1.807) is 48.5 Å². The van der Waals surface area contributed by atoms with Crippen molar-refractivity contribution in [1.82, 2.24) is 10.2 Å². The number of halogens is 1. The zero-order chi connectivity index (χ0) is 22.6. The van der Waals surface area contributed by atoms with Crippen LogP contribution in [-0.4, -0.2) is 28.6 Å². The van der Waals surface area contributed by atoms with E-state index < -0.39 is 23.8 Å². The van der Waals surface area contributed by atoms with E-state index in [2.05, 4.69) is 10.2 Å². The lowest BCUT2D eigenvalue weighted by Gasteiger charge is -2.33. The Labute approximate surface area is 186 Å². The van der Waals surface area contributed by atoms with Crippen molar-refractivity contribution in [1.29, 1.82) is 5.26 Å². The molecule has 1 spiro atoms. The number of ether oxygens (including phenoxy) is 1. The molecule has 1 amide bonds. The number of benzene rings is 2. The van der Waals surface area contributed by atoms with E-state index >= 15 is 0 Å². The van der Waals surface area contributed by atoms with Gasteiger partial charge in [-0.2, -0.15) is 5.26 Å². The molecule has 9 nitrogen and oxygen atoms in total. The number of carbonyl (C=O) groups is 2. The highest BCUT2D eigenvalue weighted by atomic mass is 35.5. The van der Waals surface area contributed by atoms with Gasteiger partial charge < -0.3 is 25.3 Å². The van der Waals surface area contributed by atoms with Crippen LogP contribution in [0.4, 0.5) is 5.69 Å². The Kier molecular flexibility index (Phi) is 4.22. The van der Waals surface area contributed by atoms with Gasteiger partial charge in [0, 0.05) is 21.8 Å². The second-order valence-corrected chi connectivity index (χ2v) is 7.71. The molecule has 0 aliphatic carbocycles. The normalized spacial score (nSPS) is 18.9.